The molecule has 0 radical (unpaired) electrons. The maximum absolute atomic E-state index is 12.4. The molecule has 3 rings (SSSR count). The van der Waals surface area contributed by atoms with Gasteiger partial charge >= 0.3 is 183 Å². The van der Waals surface area contributed by atoms with Crippen LogP contribution >= 0.6 is 0 Å². The van der Waals surface area contributed by atoms with Gasteiger partial charge in [-0.15, -0.1) is 0 Å². The van der Waals surface area contributed by atoms with E-state index in [1.54, 1.807) is 20.8 Å². The van der Waals surface area contributed by atoms with Crippen LogP contribution < -0.4 is 26.9 Å². The van der Waals surface area contributed by atoms with E-state index in [0.29, 0.717) is 36.5 Å². The van der Waals surface area contributed by atoms with Crippen molar-refractivity contribution in [3.05, 3.63) is 84.9 Å². The van der Waals surface area contributed by atoms with Crippen molar-refractivity contribution in [2.75, 3.05) is 0 Å². The zero-order chi connectivity index (χ0) is 22.4. The Balaban J connectivity index is 2.06. The Morgan fingerprint density at radius 2 is 0.903 bits per heavy atom. The van der Waals surface area contributed by atoms with Crippen LogP contribution in [0.25, 0.3) is 0 Å². The summed E-state index contributed by atoms with van der Waals surface area (Å²) >= 11 is -4.01. The van der Waals surface area contributed by atoms with Crippen molar-refractivity contribution >= 4 is 17.3 Å². The van der Waals surface area contributed by atoms with Gasteiger partial charge in [-0.2, -0.15) is 0 Å². The molecule has 3 aromatic rings. The second kappa shape index (κ2) is 10.3. The van der Waals surface area contributed by atoms with E-state index in [2.05, 4.69) is 0 Å². The van der Waals surface area contributed by atoms with Crippen LogP contribution in [-0.4, -0.2) is 17.3 Å². The van der Waals surface area contributed by atoms with Gasteiger partial charge in [0.05, 0.1) is 0 Å². The predicted molar refractivity (Wildman–Crippen MR) is 111 cm³/mol. The first-order valence-electron chi connectivity index (χ1n) is 9.80. The topological polar surface area (TPSA) is 118 Å². The summed E-state index contributed by atoms with van der Waals surface area (Å²) in [4.78, 5) is 37.2. The van der Waals surface area contributed by atoms with E-state index in [0.717, 1.165) is 0 Å². The van der Waals surface area contributed by atoms with Gasteiger partial charge in [0.1, 0.15) is 0 Å². The molecule has 0 aromatic carbocycles. The van der Waals surface area contributed by atoms with E-state index in [1.807, 2.05) is 0 Å². The summed E-state index contributed by atoms with van der Waals surface area (Å²) in [6.45, 7) is 5.37. The maximum atomic E-state index is 12.4. The van der Waals surface area contributed by atoms with Crippen LogP contribution in [0.2, 0.25) is 0 Å². The molecule has 9 nitrogen and oxygen atoms in total. The number of hydrogen-bond acceptors (Lipinski definition) is 9. The zero-order valence-corrected chi connectivity index (χ0v) is 19.8. The summed E-state index contributed by atoms with van der Waals surface area (Å²) in [5.74, 6) is 0.649. The third-order valence-electron chi connectivity index (χ3n) is 4.33. The minimum absolute atomic E-state index is 0.0771. The quantitative estimate of drug-likeness (QED) is 0.420. The molecule has 0 saturated carbocycles. The Hall–Kier alpha value is -3.11. The van der Waals surface area contributed by atoms with Crippen LogP contribution in [0, 0.1) is 0 Å². The fraction of sp³-hybridized carbons (Fsp3) is 0.286. The van der Waals surface area contributed by atoms with E-state index in [1.165, 1.54) is 37.0 Å². The van der Waals surface area contributed by atoms with Crippen LogP contribution in [0.3, 0.4) is 0 Å². The van der Waals surface area contributed by atoms with Gasteiger partial charge in [0.2, 0.25) is 0 Å². The predicted octanol–water partition coefficient (Wildman–Crippen LogP) is 2.76. The molecule has 162 valence electrons. The molecule has 3 aromatic heterocycles. The Morgan fingerprint density at radius 3 is 1.16 bits per heavy atom. The van der Waals surface area contributed by atoms with E-state index < -0.39 is 33.6 Å². The minimum atomic E-state index is -4.01. The average Bonchev–Trinajstić information content (AvgIpc) is 2.77. The van der Waals surface area contributed by atoms with Crippen molar-refractivity contribution in [3.8, 4) is 17.2 Å². The van der Waals surface area contributed by atoms with Crippen molar-refractivity contribution in [1.82, 2.24) is 0 Å². The van der Waals surface area contributed by atoms with Gasteiger partial charge in [-0.3, -0.25) is 0 Å². The summed E-state index contributed by atoms with van der Waals surface area (Å²) in [5.41, 5.74) is -1.30. The summed E-state index contributed by atoms with van der Waals surface area (Å²) in [6.07, 6.45) is 4.92. The monoisotopic (exact) mass is 486 g/mol. The molecule has 0 aliphatic carbocycles. The molecule has 0 saturated heterocycles. The Kier molecular flexibility index (Phi) is 7.48. The van der Waals surface area contributed by atoms with Crippen LogP contribution in [0.15, 0.2) is 64.6 Å². The first-order chi connectivity index (χ1) is 15.0. The fourth-order valence-electron chi connectivity index (χ4n) is 2.80. The third kappa shape index (κ3) is 5.15. The molecule has 0 spiro atoms. The Bertz CT molecular complexity index is 1060. The normalized spacial score (nSPS) is 10.5. The van der Waals surface area contributed by atoms with Crippen LogP contribution in [-0.2, 0) is 19.3 Å². The second-order valence-corrected chi connectivity index (χ2v) is 9.01. The summed E-state index contributed by atoms with van der Waals surface area (Å²) in [6, 6.07) is 3.61. The molecule has 0 bridgehead atoms. The van der Waals surface area contributed by atoms with Crippen molar-refractivity contribution in [3.63, 3.8) is 0 Å². The van der Waals surface area contributed by atoms with Gasteiger partial charge < -0.3 is 0 Å². The summed E-state index contributed by atoms with van der Waals surface area (Å²) in [7, 11) is 0. The van der Waals surface area contributed by atoms with E-state index in [-0.39, 0.29) is 17.2 Å². The summed E-state index contributed by atoms with van der Waals surface area (Å²) < 4.78 is 33.7. The van der Waals surface area contributed by atoms with Crippen LogP contribution in [0.5, 0.6) is 17.2 Å². The van der Waals surface area contributed by atoms with Crippen molar-refractivity contribution in [2.45, 2.75) is 40.0 Å². The van der Waals surface area contributed by atoms with Crippen molar-refractivity contribution in [2.24, 2.45) is 0 Å². The number of aryl methyl sites for hydroxylation is 3. The van der Waals surface area contributed by atoms with Gasteiger partial charge in [0.25, 0.3) is 0 Å². The molecule has 0 unspecified atom stereocenters. The van der Waals surface area contributed by atoms with E-state index in [4.69, 9.17) is 23.8 Å². The van der Waals surface area contributed by atoms with Crippen LogP contribution in [0.1, 0.15) is 38.1 Å². The zero-order valence-electron chi connectivity index (χ0n) is 17.3. The SMILES string of the molecule is CCc1occc(=O)c1[O][Ga]([O]c1c(CC)occc1=O)[O]c1c(CC)occc1=O. The average molecular weight is 487 g/mol. The molecule has 10 heteroatoms. The first kappa shape index (κ1) is 22.6. The van der Waals surface area contributed by atoms with Gasteiger partial charge in [0.15, 0.2) is 0 Å². The molecule has 31 heavy (non-hydrogen) atoms. The Morgan fingerprint density at radius 1 is 0.613 bits per heavy atom. The molecular weight excluding hydrogens is 466 g/mol. The number of hydrogen-bond donors (Lipinski definition) is 0. The molecule has 0 amide bonds. The Labute approximate surface area is 183 Å². The molecular formula is C21H21GaO9. The van der Waals surface area contributed by atoms with Crippen molar-refractivity contribution in [1.29, 1.82) is 0 Å². The molecule has 0 fully saturated rings. The van der Waals surface area contributed by atoms with Crippen molar-refractivity contribution < 1.29 is 23.8 Å². The van der Waals surface area contributed by atoms with Gasteiger partial charge in [-0.05, 0) is 0 Å². The van der Waals surface area contributed by atoms with Gasteiger partial charge in [-0.1, -0.05) is 0 Å². The molecule has 3 heterocycles. The van der Waals surface area contributed by atoms with Gasteiger partial charge in [0, 0.05) is 0 Å². The molecule has 0 N–H and O–H groups in total. The number of rotatable bonds is 9. The molecule has 0 aliphatic heterocycles. The van der Waals surface area contributed by atoms with Crippen LogP contribution in [0.4, 0.5) is 0 Å². The molecule has 0 atom stereocenters. The second-order valence-electron chi connectivity index (χ2n) is 6.31. The fourth-order valence-corrected chi connectivity index (χ4v) is 5.87. The first-order valence-corrected chi connectivity index (χ1v) is 12.8. The summed E-state index contributed by atoms with van der Waals surface area (Å²) in [5, 5.41) is 0. The third-order valence-corrected chi connectivity index (χ3v) is 7.02. The van der Waals surface area contributed by atoms with E-state index in [9.17, 15) is 14.4 Å². The van der Waals surface area contributed by atoms with E-state index >= 15 is 0 Å². The molecule has 0 aliphatic rings. The standard InChI is InChI=1S/3C7H8O3.Ga/c3*1-2-6-7(9)5(8)3-4-10-6;/h3*3-4,9H,2H2,1H3;/q;;;+3/p-3. The van der Waals surface area contributed by atoms with Gasteiger partial charge in [-0.25, -0.2) is 0 Å².